The second kappa shape index (κ2) is 3.91. The van der Waals surface area contributed by atoms with Gasteiger partial charge in [-0.3, -0.25) is 10.9 Å². The molecule has 10 heavy (non-hydrogen) atoms. The lowest BCUT2D eigenvalue weighted by Gasteiger charge is -2.18. The minimum Gasteiger partial charge on any atom is -0.330 e. The molecule has 0 radical (unpaired) electrons. The lowest BCUT2D eigenvalue weighted by atomic mass is 10.1. The largest absolute Gasteiger partial charge is 0.330 e. The number of nitrogens with two attached hydrogens (primary N) is 1. The van der Waals surface area contributed by atoms with E-state index in [0.717, 1.165) is 6.54 Å². The standard InChI is InChI=1S/C7H17N3/c1-9-10-7-4-2-3-6(7)5-8/h6-7,9-10H,2-5,8H2,1H3. The van der Waals surface area contributed by atoms with Crippen molar-refractivity contribution in [3.05, 3.63) is 0 Å². The van der Waals surface area contributed by atoms with Gasteiger partial charge in [-0.05, 0) is 32.4 Å². The van der Waals surface area contributed by atoms with Crippen LogP contribution in [0.2, 0.25) is 0 Å². The van der Waals surface area contributed by atoms with Crippen LogP contribution in [-0.4, -0.2) is 19.6 Å². The molecular weight excluding hydrogens is 126 g/mol. The van der Waals surface area contributed by atoms with Gasteiger partial charge in [-0.15, -0.1) is 0 Å². The van der Waals surface area contributed by atoms with Crippen LogP contribution in [0.3, 0.4) is 0 Å². The van der Waals surface area contributed by atoms with Crippen molar-refractivity contribution in [1.82, 2.24) is 10.9 Å². The van der Waals surface area contributed by atoms with Crippen LogP contribution in [0, 0.1) is 5.92 Å². The fourth-order valence-corrected chi connectivity index (χ4v) is 1.69. The number of hydrogen-bond acceptors (Lipinski definition) is 3. The summed E-state index contributed by atoms with van der Waals surface area (Å²) in [6, 6.07) is 0.606. The molecule has 0 saturated heterocycles. The highest BCUT2D eigenvalue weighted by Crippen LogP contribution is 2.23. The second-order valence-electron chi connectivity index (χ2n) is 2.93. The van der Waals surface area contributed by atoms with Crippen LogP contribution in [0.1, 0.15) is 19.3 Å². The Hall–Kier alpha value is -0.120. The first-order valence-corrected chi connectivity index (χ1v) is 4.01. The third-order valence-corrected chi connectivity index (χ3v) is 2.29. The highest BCUT2D eigenvalue weighted by Gasteiger charge is 2.24. The Morgan fingerprint density at radius 2 is 2.30 bits per heavy atom. The molecule has 1 aliphatic carbocycles. The Labute approximate surface area is 62.3 Å². The van der Waals surface area contributed by atoms with Gasteiger partial charge in [-0.1, -0.05) is 6.42 Å². The molecule has 1 fully saturated rings. The summed E-state index contributed by atoms with van der Waals surface area (Å²) in [5.41, 5.74) is 11.8. The van der Waals surface area contributed by atoms with Crippen LogP contribution in [-0.2, 0) is 0 Å². The van der Waals surface area contributed by atoms with Crippen molar-refractivity contribution in [2.45, 2.75) is 25.3 Å². The lowest BCUT2D eigenvalue weighted by Crippen LogP contribution is -2.42. The molecule has 4 N–H and O–H groups in total. The first kappa shape index (κ1) is 7.98. The van der Waals surface area contributed by atoms with Crippen LogP contribution in [0.15, 0.2) is 0 Å². The molecule has 3 heteroatoms. The van der Waals surface area contributed by atoms with Gasteiger partial charge in [-0.2, -0.15) is 0 Å². The molecule has 0 aromatic carbocycles. The maximum Gasteiger partial charge on any atom is 0.0253 e. The predicted molar refractivity (Wildman–Crippen MR) is 42.4 cm³/mol. The van der Waals surface area contributed by atoms with E-state index in [9.17, 15) is 0 Å². The van der Waals surface area contributed by atoms with E-state index >= 15 is 0 Å². The molecule has 1 aliphatic rings. The molecule has 1 rings (SSSR count). The summed E-state index contributed by atoms with van der Waals surface area (Å²) in [5, 5.41) is 0. The van der Waals surface area contributed by atoms with Crippen LogP contribution in [0.4, 0.5) is 0 Å². The molecule has 2 unspecified atom stereocenters. The molecule has 1 saturated carbocycles. The van der Waals surface area contributed by atoms with E-state index in [-0.39, 0.29) is 0 Å². The zero-order valence-electron chi connectivity index (χ0n) is 6.56. The van der Waals surface area contributed by atoms with E-state index in [4.69, 9.17) is 5.73 Å². The third-order valence-electron chi connectivity index (χ3n) is 2.29. The van der Waals surface area contributed by atoms with E-state index in [1.807, 2.05) is 7.05 Å². The fraction of sp³-hybridized carbons (Fsp3) is 1.00. The summed E-state index contributed by atoms with van der Waals surface area (Å²) >= 11 is 0. The highest BCUT2D eigenvalue weighted by atomic mass is 15.4. The maximum absolute atomic E-state index is 5.59. The van der Waals surface area contributed by atoms with E-state index in [1.54, 1.807) is 0 Å². The van der Waals surface area contributed by atoms with Crippen molar-refractivity contribution in [3.63, 3.8) is 0 Å². The Kier molecular flexibility index (Phi) is 3.12. The van der Waals surface area contributed by atoms with Gasteiger partial charge in [-0.25, -0.2) is 0 Å². The Morgan fingerprint density at radius 3 is 2.90 bits per heavy atom. The minimum absolute atomic E-state index is 0.606. The average Bonchev–Trinajstić information content (AvgIpc) is 2.36. The summed E-state index contributed by atoms with van der Waals surface area (Å²) in [6.07, 6.45) is 3.87. The monoisotopic (exact) mass is 143 g/mol. The number of hydrazine groups is 1. The van der Waals surface area contributed by atoms with E-state index < -0.39 is 0 Å². The molecule has 0 bridgehead atoms. The van der Waals surface area contributed by atoms with Crippen LogP contribution < -0.4 is 16.6 Å². The van der Waals surface area contributed by atoms with Crippen molar-refractivity contribution in [2.24, 2.45) is 11.7 Å². The SMILES string of the molecule is CNNC1CCCC1CN. The van der Waals surface area contributed by atoms with Gasteiger partial charge in [0.05, 0.1) is 0 Å². The Morgan fingerprint density at radius 1 is 1.50 bits per heavy atom. The summed E-state index contributed by atoms with van der Waals surface area (Å²) in [7, 11) is 1.91. The summed E-state index contributed by atoms with van der Waals surface area (Å²) < 4.78 is 0. The van der Waals surface area contributed by atoms with Gasteiger partial charge in [0.15, 0.2) is 0 Å². The summed E-state index contributed by atoms with van der Waals surface area (Å²) in [4.78, 5) is 0. The molecule has 0 aromatic heterocycles. The zero-order chi connectivity index (χ0) is 7.40. The molecule has 0 heterocycles. The minimum atomic E-state index is 0.606. The molecule has 0 aliphatic heterocycles. The predicted octanol–water partition coefficient (Wildman–Crippen LogP) is -0.162. The third kappa shape index (κ3) is 1.68. The molecule has 2 atom stereocenters. The van der Waals surface area contributed by atoms with Gasteiger partial charge >= 0.3 is 0 Å². The van der Waals surface area contributed by atoms with Crippen LogP contribution in [0.5, 0.6) is 0 Å². The summed E-state index contributed by atoms with van der Waals surface area (Å²) in [5.74, 6) is 0.687. The number of nitrogens with one attached hydrogen (secondary N) is 2. The van der Waals surface area contributed by atoms with Gasteiger partial charge < -0.3 is 5.73 Å². The molecule has 0 spiro atoms. The second-order valence-corrected chi connectivity index (χ2v) is 2.93. The quantitative estimate of drug-likeness (QED) is 0.481. The smallest absolute Gasteiger partial charge is 0.0253 e. The Balaban J connectivity index is 2.27. The van der Waals surface area contributed by atoms with Gasteiger partial charge in [0.2, 0.25) is 0 Å². The van der Waals surface area contributed by atoms with Crippen molar-refractivity contribution in [3.8, 4) is 0 Å². The number of hydrogen-bond donors (Lipinski definition) is 3. The van der Waals surface area contributed by atoms with Crippen LogP contribution in [0.25, 0.3) is 0 Å². The van der Waals surface area contributed by atoms with E-state index in [1.165, 1.54) is 19.3 Å². The number of rotatable bonds is 3. The first-order chi connectivity index (χ1) is 4.88. The molecule has 60 valence electrons. The topological polar surface area (TPSA) is 50.1 Å². The lowest BCUT2D eigenvalue weighted by molar-refractivity contribution is 0.376. The van der Waals surface area contributed by atoms with Crippen molar-refractivity contribution >= 4 is 0 Å². The van der Waals surface area contributed by atoms with Gasteiger partial charge in [0, 0.05) is 6.04 Å². The molecule has 0 amide bonds. The average molecular weight is 143 g/mol. The van der Waals surface area contributed by atoms with Crippen molar-refractivity contribution in [2.75, 3.05) is 13.6 Å². The van der Waals surface area contributed by atoms with Crippen molar-refractivity contribution in [1.29, 1.82) is 0 Å². The van der Waals surface area contributed by atoms with Gasteiger partial charge in [0.1, 0.15) is 0 Å². The maximum atomic E-state index is 5.59. The van der Waals surface area contributed by atoms with E-state index in [0.29, 0.717) is 12.0 Å². The molecular formula is C7H17N3. The normalized spacial score (nSPS) is 33.0. The molecule has 0 aromatic rings. The van der Waals surface area contributed by atoms with Crippen molar-refractivity contribution < 1.29 is 0 Å². The first-order valence-electron chi connectivity index (χ1n) is 4.01. The molecule has 3 nitrogen and oxygen atoms in total. The Bertz CT molecular complexity index is 94.9. The van der Waals surface area contributed by atoms with Gasteiger partial charge in [0.25, 0.3) is 0 Å². The summed E-state index contributed by atoms with van der Waals surface area (Å²) in [6.45, 7) is 0.819. The zero-order valence-corrected chi connectivity index (χ0v) is 6.56. The van der Waals surface area contributed by atoms with E-state index in [2.05, 4.69) is 10.9 Å². The highest BCUT2D eigenvalue weighted by molar-refractivity contribution is 4.81. The fourth-order valence-electron chi connectivity index (χ4n) is 1.69. The van der Waals surface area contributed by atoms with Crippen LogP contribution >= 0.6 is 0 Å².